The molecule has 0 fully saturated rings. The number of benzene rings is 2. The molecule has 0 bridgehead atoms. The van der Waals surface area contributed by atoms with E-state index in [1.54, 1.807) is 24.3 Å². The van der Waals surface area contributed by atoms with Crippen molar-refractivity contribution in [3.8, 4) is 16.9 Å². The molecule has 0 unspecified atom stereocenters. The van der Waals surface area contributed by atoms with E-state index in [1.807, 2.05) is 18.2 Å². The van der Waals surface area contributed by atoms with Gasteiger partial charge in [-0.1, -0.05) is 49.7 Å². The van der Waals surface area contributed by atoms with Crippen molar-refractivity contribution < 1.29 is 9.72 Å². The molecular weight excluding hydrogens is 392 g/mol. The number of hydrogen-bond donors (Lipinski definition) is 1. The molecule has 0 radical (unpaired) electrons. The number of aromatic nitrogens is 2. The summed E-state index contributed by atoms with van der Waals surface area (Å²) >= 11 is 6.29. The van der Waals surface area contributed by atoms with Gasteiger partial charge in [0, 0.05) is 24.2 Å². The highest BCUT2D eigenvalue weighted by Crippen LogP contribution is 2.28. The maximum Gasteiger partial charge on any atom is 0.271 e. The largest absolute Gasteiger partial charge is 0.351 e. The second-order valence-corrected chi connectivity index (χ2v) is 7.43. The number of nitrogens with one attached hydrogen (secondary N) is 1. The average molecular weight is 413 g/mol. The fourth-order valence-electron chi connectivity index (χ4n) is 2.84. The zero-order valence-electron chi connectivity index (χ0n) is 16.1. The monoisotopic (exact) mass is 412 g/mol. The van der Waals surface area contributed by atoms with E-state index >= 15 is 0 Å². The van der Waals surface area contributed by atoms with Crippen LogP contribution >= 0.6 is 11.6 Å². The van der Waals surface area contributed by atoms with Crippen LogP contribution in [-0.4, -0.2) is 27.2 Å². The maximum atomic E-state index is 12.8. The molecule has 3 aromatic rings. The normalized spacial score (nSPS) is 10.9. The molecule has 0 atom stereocenters. The molecule has 0 aliphatic heterocycles. The van der Waals surface area contributed by atoms with Crippen LogP contribution in [0.15, 0.2) is 54.6 Å². The van der Waals surface area contributed by atoms with Gasteiger partial charge in [0.25, 0.3) is 11.6 Å². The molecule has 0 aliphatic carbocycles. The van der Waals surface area contributed by atoms with Crippen molar-refractivity contribution >= 4 is 23.2 Å². The molecule has 150 valence electrons. The number of carbonyl (C=O) groups excluding carboxylic acids is 1. The van der Waals surface area contributed by atoms with Gasteiger partial charge in [0.05, 0.1) is 21.3 Å². The SMILES string of the molecule is CC(C)CCNC(=O)c1cc(-c2ccccc2Cl)nn1-c1cccc([N+](=O)[O-])c1. The van der Waals surface area contributed by atoms with Crippen molar-refractivity contribution in [3.05, 3.63) is 75.4 Å². The lowest BCUT2D eigenvalue weighted by atomic mass is 10.1. The number of rotatable bonds is 7. The van der Waals surface area contributed by atoms with Crippen LogP contribution in [0.2, 0.25) is 5.02 Å². The fraction of sp³-hybridized carbons (Fsp3) is 0.238. The predicted molar refractivity (Wildman–Crippen MR) is 112 cm³/mol. The minimum atomic E-state index is -0.482. The summed E-state index contributed by atoms with van der Waals surface area (Å²) in [6.07, 6.45) is 0.841. The van der Waals surface area contributed by atoms with E-state index in [4.69, 9.17) is 11.6 Å². The van der Waals surface area contributed by atoms with Crippen molar-refractivity contribution in [1.29, 1.82) is 0 Å². The quantitative estimate of drug-likeness (QED) is 0.442. The third-order valence-corrected chi connectivity index (χ3v) is 4.71. The number of hydrogen-bond acceptors (Lipinski definition) is 4. The lowest BCUT2D eigenvalue weighted by Crippen LogP contribution is -2.27. The Labute approximate surface area is 173 Å². The minimum absolute atomic E-state index is 0.0801. The summed E-state index contributed by atoms with van der Waals surface area (Å²) < 4.78 is 1.41. The van der Waals surface area contributed by atoms with E-state index < -0.39 is 4.92 Å². The summed E-state index contributed by atoms with van der Waals surface area (Å²) in [6.45, 7) is 4.68. The highest BCUT2D eigenvalue weighted by Gasteiger charge is 2.20. The number of nitro benzene ring substituents is 1. The Bertz CT molecular complexity index is 1050. The molecule has 0 spiro atoms. The summed E-state index contributed by atoms with van der Waals surface area (Å²) in [5.41, 5.74) is 1.81. The Morgan fingerprint density at radius 1 is 1.21 bits per heavy atom. The first kappa shape index (κ1) is 20.5. The summed E-state index contributed by atoms with van der Waals surface area (Å²) in [7, 11) is 0. The van der Waals surface area contributed by atoms with E-state index in [-0.39, 0.29) is 17.3 Å². The number of amides is 1. The van der Waals surface area contributed by atoms with Gasteiger partial charge in [-0.25, -0.2) is 4.68 Å². The summed E-state index contributed by atoms with van der Waals surface area (Å²) in [6, 6.07) is 14.8. The van der Waals surface area contributed by atoms with Gasteiger partial charge < -0.3 is 5.32 Å². The summed E-state index contributed by atoms with van der Waals surface area (Å²) in [5.74, 6) is 0.152. The number of carbonyl (C=O) groups is 1. The first-order valence-electron chi connectivity index (χ1n) is 9.25. The third kappa shape index (κ3) is 4.81. The second-order valence-electron chi connectivity index (χ2n) is 7.02. The number of nitro groups is 1. The van der Waals surface area contributed by atoms with Crippen molar-refractivity contribution in [3.63, 3.8) is 0 Å². The molecular formula is C21H21ClN4O3. The van der Waals surface area contributed by atoms with Gasteiger partial charge in [-0.15, -0.1) is 0 Å². The van der Waals surface area contributed by atoms with Crippen molar-refractivity contribution in [2.24, 2.45) is 5.92 Å². The second kappa shape index (κ2) is 8.87. The number of halogens is 1. The Morgan fingerprint density at radius 2 is 1.97 bits per heavy atom. The van der Waals surface area contributed by atoms with Crippen LogP contribution in [0.3, 0.4) is 0 Å². The molecule has 3 rings (SSSR count). The van der Waals surface area contributed by atoms with E-state index in [0.29, 0.717) is 34.4 Å². The minimum Gasteiger partial charge on any atom is -0.351 e. The Kier molecular flexibility index (Phi) is 6.29. The highest BCUT2D eigenvalue weighted by atomic mass is 35.5. The summed E-state index contributed by atoms with van der Waals surface area (Å²) in [4.78, 5) is 23.5. The Hall–Kier alpha value is -3.19. The Morgan fingerprint density at radius 3 is 2.66 bits per heavy atom. The number of nitrogens with zero attached hydrogens (tertiary/aromatic N) is 3. The van der Waals surface area contributed by atoms with Gasteiger partial charge in [-0.05, 0) is 30.5 Å². The van der Waals surface area contributed by atoms with Crippen LogP contribution < -0.4 is 5.32 Å². The lowest BCUT2D eigenvalue weighted by Gasteiger charge is -2.09. The third-order valence-electron chi connectivity index (χ3n) is 4.38. The van der Waals surface area contributed by atoms with Gasteiger partial charge >= 0.3 is 0 Å². The standard InChI is InChI=1S/C21H21ClN4O3/c1-14(2)10-11-23-21(27)20-13-19(17-8-3-4-9-18(17)22)24-25(20)15-6-5-7-16(12-15)26(28)29/h3-9,12-14H,10-11H2,1-2H3,(H,23,27). The molecule has 1 amide bonds. The van der Waals surface area contributed by atoms with Crippen molar-refractivity contribution in [1.82, 2.24) is 15.1 Å². The lowest BCUT2D eigenvalue weighted by molar-refractivity contribution is -0.384. The van der Waals surface area contributed by atoms with Crippen LogP contribution in [0.5, 0.6) is 0 Å². The zero-order chi connectivity index (χ0) is 21.0. The van der Waals surface area contributed by atoms with Crippen LogP contribution in [-0.2, 0) is 0 Å². The molecule has 1 aromatic heterocycles. The molecule has 0 saturated carbocycles. The molecule has 1 N–H and O–H groups in total. The van der Waals surface area contributed by atoms with Crippen LogP contribution in [0.25, 0.3) is 16.9 Å². The van der Waals surface area contributed by atoms with Crippen LogP contribution in [0.1, 0.15) is 30.8 Å². The van der Waals surface area contributed by atoms with Gasteiger partial charge in [0.15, 0.2) is 0 Å². The van der Waals surface area contributed by atoms with Crippen LogP contribution in [0, 0.1) is 16.0 Å². The molecule has 7 nitrogen and oxygen atoms in total. The maximum absolute atomic E-state index is 12.8. The first-order valence-corrected chi connectivity index (χ1v) is 9.62. The number of non-ortho nitro benzene ring substituents is 1. The average Bonchev–Trinajstić information content (AvgIpc) is 3.13. The van der Waals surface area contributed by atoms with E-state index in [1.165, 1.54) is 16.8 Å². The summed E-state index contributed by atoms with van der Waals surface area (Å²) in [5, 5.41) is 19.1. The molecule has 29 heavy (non-hydrogen) atoms. The smallest absolute Gasteiger partial charge is 0.271 e. The molecule has 0 aliphatic rings. The van der Waals surface area contributed by atoms with E-state index in [9.17, 15) is 14.9 Å². The van der Waals surface area contributed by atoms with Crippen molar-refractivity contribution in [2.45, 2.75) is 20.3 Å². The molecule has 2 aromatic carbocycles. The van der Waals surface area contributed by atoms with Crippen molar-refractivity contribution in [2.75, 3.05) is 6.54 Å². The predicted octanol–water partition coefficient (Wildman–Crippen LogP) is 4.88. The molecule has 8 heteroatoms. The topological polar surface area (TPSA) is 90.1 Å². The zero-order valence-corrected chi connectivity index (χ0v) is 16.9. The molecule has 1 heterocycles. The van der Waals surface area contributed by atoms with E-state index in [2.05, 4.69) is 24.3 Å². The van der Waals surface area contributed by atoms with Gasteiger partial charge in [-0.2, -0.15) is 5.10 Å². The van der Waals surface area contributed by atoms with E-state index in [0.717, 1.165) is 6.42 Å². The molecule has 0 saturated heterocycles. The highest BCUT2D eigenvalue weighted by molar-refractivity contribution is 6.33. The van der Waals surface area contributed by atoms with Gasteiger partial charge in [-0.3, -0.25) is 14.9 Å². The fourth-order valence-corrected chi connectivity index (χ4v) is 3.08. The Balaban J connectivity index is 2.05. The van der Waals surface area contributed by atoms with Gasteiger partial charge in [0.1, 0.15) is 5.69 Å². The van der Waals surface area contributed by atoms with Crippen LogP contribution in [0.4, 0.5) is 5.69 Å². The first-order chi connectivity index (χ1) is 13.9. The van der Waals surface area contributed by atoms with Gasteiger partial charge in [0.2, 0.25) is 0 Å².